The summed E-state index contributed by atoms with van der Waals surface area (Å²) in [6.45, 7) is 7.16. The Morgan fingerprint density at radius 2 is 1.84 bits per heavy atom. The van der Waals surface area contributed by atoms with E-state index in [1.165, 1.54) is 6.08 Å². The van der Waals surface area contributed by atoms with E-state index in [0.29, 0.717) is 0 Å². The van der Waals surface area contributed by atoms with Crippen molar-refractivity contribution in [1.29, 1.82) is 0 Å². The molecule has 0 fully saturated rings. The lowest BCUT2D eigenvalue weighted by Crippen LogP contribution is -2.54. The Hall–Kier alpha value is -2.83. The van der Waals surface area contributed by atoms with Crippen molar-refractivity contribution in [3.63, 3.8) is 0 Å². The van der Waals surface area contributed by atoms with E-state index in [4.69, 9.17) is 10.5 Å². The first-order valence-electron chi connectivity index (χ1n) is 8.03. The maximum atomic E-state index is 12.4. The number of nitrogens with one attached hydrogen (secondary N) is 2. The first-order valence-corrected chi connectivity index (χ1v) is 8.03. The normalized spacial score (nSPS) is 12.8. The molecule has 1 rings (SSSR count). The van der Waals surface area contributed by atoms with Crippen LogP contribution in [-0.2, 0) is 20.9 Å². The number of ether oxygens (including phenoxy) is 1. The maximum Gasteiger partial charge on any atom is 0.408 e. The molecule has 7 nitrogen and oxygen atoms in total. The van der Waals surface area contributed by atoms with Crippen molar-refractivity contribution in [3.8, 4) is 0 Å². The molecule has 0 saturated carbocycles. The Morgan fingerprint density at radius 1 is 1.20 bits per heavy atom. The number of hydrogen-bond acceptors (Lipinski definition) is 4. The van der Waals surface area contributed by atoms with Crippen molar-refractivity contribution < 1.29 is 19.1 Å². The fourth-order valence-electron chi connectivity index (χ4n) is 2.10. The summed E-state index contributed by atoms with van der Waals surface area (Å²) >= 11 is 0. The van der Waals surface area contributed by atoms with Crippen LogP contribution >= 0.6 is 0 Å². The average molecular weight is 347 g/mol. The lowest BCUT2D eigenvalue weighted by molar-refractivity contribution is -0.129. The molecule has 0 aliphatic heterocycles. The smallest absolute Gasteiger partial charge is 0.408 e. The van der Waals surface area contributed by atoms with Crippen LogP contribution in [0, 0.1) is 5.92 Å². The monoisotopic (exact) mass is 347 g/mol. The predicted molar refractivity (Wildman–Crippen MR) is 94.3 cm³/mol. The van der Waals surface area contributed by atoms with E-state index < -0.39 is 30.0 Å². The fourth-order valence-corrected chi connectivity index (χ4v) is 2.10. The zero-order valence-electron chi connectivity index (χ0n) is 14.5. The van der Waals surface area contributed by atoms with Crippen molar-refractivity contribution in [2.45, 2.75) is 39.0 Å². The van der Waals surface area contributed by atoms with E-state index in [1.807, 2.05) is 30.3 Å². The van der Waals surface area contributed by atoms with Crippen molar-refractivity contribution in [3.05, 3.63) is 48.6 Å². The Balaban J connectivity index is 2.62. The van der Waals surface area contributed by atoms with Crippen LogP contribution in [0.3, 0.4) is 0 Å². The molecule has 0 aliphatic carbocycles. The summed E-state index contributed by atoms with van der Waals surface area (Å²) in [6.07, 6.45) is 0.989. The highest BCUT2D eigenvalue weighted by Gasteiger charge is 2.27. The highest BCUT2D eigenvalue weighted by molar-refractivity contribution is 5.90. The van der Waals surface area contributed by atoms with E-state index in [9.17, 15) is 14.4 Å². The van der Waals surface area contributed by atoms with Gasteiger partial charge in [-0.1, -0.05) is 50.3 Å². The Kier molecular flexibility index (Phi) is 8.18. The zero-order valence-corrected chi connectivity index (χ0v) is 14.5. The Bertz CT molecular complexity index is 602. The van der Waals surface area contributed by atoms with Gasteiger partial charge in [0, 0.05) is 0 Å². The molecule has 0 saturated heterocycles. The van der Waals surface area contributed by atoms with E-state index in [0.717, 1.165) is 5.56 Å². The molecule has 4 N–H and O–H groups in total. The molecule has 0 radical (unpaired) electrons. The van der Waals surface area contributed by atoms with Gasteiger partial charge in [-0.2, -0.15) is 0 Å². The molecule has 3 amide bonds. The molecular formula is C18H25N3O4. The Labute approximate surface area is 147 Å². The summed E-state index contributed by atoms with van der Waals surface area (Å²) in [6, 6.07) is 7.47. The number of rotatable bonds is 9. The molecule has 1 aromatic rings. The minimum Gasteiger partial charge on any atom is -0.445 e. The molecular weight excluding hydrogens is 322 g/mol. The third kappa shape index (κ3) is 7.07. The molecule has 0 aliphatic rings. The fraction of sp³-hybridized carbons (Fsp3) is 0.389. The number of amides is 3. The van der Waals surface area contributed by atoms with Gasteiger partial charge < -0.3 is 21.1 Å². The van der Waals surface area contributed by atoms with Crippen LogP contribution in [0.15, 0.2) is 43.0 Å². The molecule has 25 heavy (non-hydrogen) atoms. The van der Waals surface area contributed by atoms with Crippen LogP contribution in [0.1, 0.15) is 25.8 Å². The highest BCUT2D eigenvalue weighted by Crippen LogP contribution is 2.06. The second-order valence-corrected chi connectivity index (χ2v) is 5.92. The molecule has 0 aromatic heterocycles. The van der Waals surface area contributed by atoms with Crippen molar-refractivity contribution in [2.24, 2.45) is 11.7 Å². The largest absolute Gasteiger partial charge is 0.445 e. The summed E-state index contributed by atoms with van der Waals surface area (Å²) in [4.78, 5) is 35.7. The van der Waals surface area contributed by atoms with Crippen molar-refractivity contribution in [1.82, 2.24) is 10.6 Å². The third-order valence-corrected chi connectivity index (χ3v) is 3.50. The van der Waals surface area contributed by atoms with Gasteiger partial charge in [-0.25, -0.2) is 4.79 Å². The van der Waals surface area contributed by atoms with Crippen molar-refractivity contribution >= 4 is 17.9 Å². The molecule has 0 unspecified atom stereocenters. The average Bonchev–Trinajstić information content (AvgIpc) is 2.57. The summed E-state index contributed by atoms with van der Waals surface area (Å²) in [5, 5.41) is 5.04. The Morgan fingerprint density at radius 3 is 2.36 bits per heavy atom. The summed E-state index contributed by atoms with van der Waals surface area (Å²) < 4.78 is 5.12. The molecule has 0 heterocycles. The lowest BCUT2D eigenvalue weighted by atomic mass is 10.0. The molecule has 136 valence electrons. The number of nitrogens with two attached hydrogens (primary N) is 1. The SMILES string of the molecule is C=CC[C@@H](NC(=O)[C@@H](NC(=O)OCc1ccccc1)C(C)C)C(N)=O. The number of carbonyl (C=O) groups excluding carboxylic acids is 3. The van der Waals surface area contributed by atoms with Gasteiger partial charge in [-0.3, -0.25) is 9.59 Å². The van der Waals surface area contributed by atoms with Gasteiger partial charge in [0.2, 0.25) is 11.8 Å². The van der Waals surface area contributed by atoms with Gasteiger partial charge in [-0.15, -0.1) is 6.58 Å². The number of carbonyl (C=O) groups is 3. The molecule has 7 heteroatoms. The number of alkyl carbamates (subject to hydrolysis) is 1. The summed E-state index contributed by atoms with van der Waals surface area (Å²) in [5.41, 5.74) is 6.08. The quantitative estimate of drug-likeness (QED) is 0.588. The molecule has 2 atom stereocenters. The first kappa shape index (κ1) is 20.2. The lowest BCUT2D eigenvalue weighted by Gasteiger charge is -2.23. The topological polar surface area (TPSA) is 111 Å². The van der Waals surface area contributed by atoms with Crippen LogP contribution in [0.25, 0.3) is 0 Å². The highest BCUT2D eigenvalue weighted by atomic mass is 16.5. The van der Waals surface area contributed by atoms with Crippen molar-refractivity contribution in [2.75, 3.05) is 0 Å². The van der Waals surface area contributed by atoms with Gasteiger partial charge in [-0.05, 0) is 17.9 Å². The minimum absolute atomic E-state index is 0.0967. The van der Waals surface area contributed by atoms with Crippen LogP contribution in [0.5, 0.6) is 0 Å². The molecule has 1 aromatic carbocycles. The predicted octanol–water partition coefficient (Wildman–Crippen LogP) is 1.48. The second-order valence-electron chi connectivity index (χ2n) is 5.92. The van der Waals surface area contributed by atoms with Crippen LogP contribution < -0.4 is 16.4 Å². The van der Waals surface area contributed by atoms with E-state index in [-0.39, 0.29) is 18.9 Å². The van der Waals surface area contributed by atoms with Crippen LogP contribution in [0.4, 0.5) is 4.79 Å². The first-order chi connectivity index (χ1) is 11.8. The van der Waals surface area contributed by atoms with E-state index in [2.05, 4.69) is 17.2 Å². The van der Waals surface area contributed by atoms with Gasteiger partial charge in [0.1, 0.15) is 18.7 Å². The minimum atomic E-state index is -0.867. The third-order valence-electron chi connectivity index (χ3n) is 3.50. The molecule has 0 bridgehead atoms. The number of benzene rings is 1. The number of hydrogen-bond donors (Lipinski definition) is 3. The van der Waals surface area contributed by atoms with Gasteiger partial charge in [0.25, 0.3) is 0 Å². The second kappa shape index (κ2) is 10.1. The van der Waals surface area contributed by atoms with Gasteiger partial charge in [0.05, 0.1) is 0 Å². The zero-order chi connectivity index (χ0) is 18.8. The van der Waals surface area contributed by atoms with Crippen LogP contribution in [-0.4, -0.2) is 30.0 Å². The summed E-state index contributed by atoms with van der Waals surface area (Å²) in [7, 11) is 0. The van der Waals surface area contributed by atoms with E-state index in [1.54, 1.807) is 13.8 Å². The maximum absolute atomic E-state index is 12.4. The van der Waals surface area contributed by atoms with Gasteiger partial charge >= 0.3 is 6.09 Å². The van der Waals surface area contributed by atoms with Gasteiger partial charge in [0.15, 0.2) is 0 Å². The standard InChI is InChI=1S/C18H25N3O4/c1-4-8-14(16(19)22)20-17(23)15(12(2)3)21-18(24)25-11-13-9-6-5-7-10-13/h4-7,9-10,12,14-15H,1,8,11H2,2-3H3,(H2,19,22)(H,20,23)(H,21,24)/t14-,15+/m1/s1. The number of primary amides is 1. The van der Waals surface area contributed by atoms with E-state index >= 15 is 0 Å². The summed E-state index contributed by atoms with van der Waals surface area (Å²) in [5.74, 6) is -1.37. The van der Waals surface area contributed by atoms with Crippen LogP contribution in [0.2, 0.25) is 0 Å². The molecule has 0 spiro atoms.